The van der Waals surface area contributed by atoms with Crippen LogP contribution in [0.5, 0.6) is 0 Å². The van der Waals surface area contributed by atoms with E-state index >= 15 is 0 Å². The lowest BCUT2D eigenvalue weighted by Gasteiger charge is -1.27. The number of hydrogen-bond acceptors (Lipinski definition) is 2. The molecule has 0 aromatic rings. The predicted molar refractivity (Wildman–Crippen MR) is 20.2 cm³/mol. The maximum absolute atomic E-state index is 4.64. The summed E-state index contributed by atoms with van der Waals surface area (Å²) in [4.78, 5) is 0. The van der Waals surface area contributed by atoms with E-state index in [-0.39, 0.29) is 0 Å². The number of rotatable bonds is 0. The van der Waals surface area contributed by atoms with E-state index in [4.69, 9.17) is 0 Å². The van der Waals surface area contributed by atoms with E-state index in [0.29, 0.717) is 0 Å². The van der Waals surface area contributed by atoms with Crippen molar-refractivity contribution in [2.45, 2.75) is 0 Å². The van der Waals surface area contributed by atoms with Crippen molar-refractivity contribution < 1.29 is 0 Å². The van der Waals surface area contributed by atoms with E-state index in [1.54, 1.807) is 0 Å². The fraction of sp³-hybridized carbons (Fsp3) is 1.00. The molecular weight excluding hydrogens is 75.5 g/mol. The molecule has 0 spiro atoms. The van der Waals surface area contributed by atoms with Gasteiger partial charge < -0.3 is 0 Å². The van der Waals surface area contributed by atoms with Gasteiger partial charge in [0.15, 0.2) is 0 Å². The number of hydrazine groups is 1. The molecule has 3 heteroatoms. The molecule has 0 heterocycles. The fourth-order valence-electron chi connectivity index (χ4n) is 0. The Kier molecular flexibility index (Phi) is 789. The van der Waals surface area contributed by atoms with Gasteiger partial charge in [-0.1, -0.05) is 0 Å². The Bertz CT molecular complexity index is 6.00. The van der Waals surface area contributed by atoms with Gasteiger partial charge in [0.25, 0.3) is 0 Å². The average Bonchev–Trinajstić information content (AvgIpc) is 1.50. The topological polar surface area (TPSA) is 52.0 Å². The Morgan fingerprint density at radius 1 is 1.25 bits per heavy atom. The van der Waals surface area contributed by atoms with Crippen molar-refractivity contribution in [2.75, 3.05) is 6.38 Å². The van der Waals surface area contributed by atoms with Gasteiger partial charge in [-0.15, -0.1) is 11.6 Å². The molecule has 4 N–H and O–H groups in total. The minimum absolute atomic E-state index is 1.47. The summed E-state index contributed by atoms with van der Waals surface area (Å²) in [5, 5.41) is 0. The largest absolute Gasteiger partial charge is 0.274 e. The van der Waals surface area contributed by atoms with Crippen molar-refractivity contribution in [3.8, 4) is 0 Å². The summed E-state index contributed by atoms with van der Waals surface area (Å²) >= 11 is 4.64. The highest BCUT2D eigenvalue weighted by Crippen LogP contribution is 1.34. The molecule has 0 aliphatic rings. The van der Waals surface area contributed by atoms with Gasteiger partial charge in [0, 0.05) is 6.38 Å². The molecule has 28 valence electrons. The van der Waals surface area contributed by atoms with Crippen molar-refractivity contribution in [3.05, 3.63) is 0 Å². The van der Waals surface area contributed by atoms with Crippen LogP contribution in [0.2, 0.25) is 0 Å². The molecule has 0 aromatic heterocycles. The third-order valence-corrected chi connectivity index (χ3v) is 0. The average molecular weight is 82.5 g/mol. The van der Waals surface area contributed by atoms with Crippen molar-refractivity contribution in [3.63, 3.8) is 0 Å². The normalized spacial score (nSPS) is 3.00. The Balaban J connectivity index is 0. The number of hydrogen-bond donors (Lipinski definition) is 2. The summed E-state index contributed by atoms with van der Waals surface area (Å²) in [6, 6.07) is 0. The van der Waals surface area contributed by atoms with Crippen LogP contribution in [-0.2, 0) is 0 Å². The maximum Gasteiger partial charge on any atom is 0.0108 e. The highest BCUT2D eigenvalue weighted by Gasteiger charge is 0.943. The summed E-state index contributed by atoms with van der Waals surface area (Å²) < 4.78 is 0. The number of halogens is 1. The molecule has 0 amide bonds. The minimum Gasteiger partial charge on any atom is -0.274 e. The summed E-state index contributed by atoms with van der Waals surface area (Å²) in [6.45, 7) is 0. The number of nitrogens with two attached hydrogens (primary N) is 2. The van der Waals surface area contributed by atoms with Crippen molar-refractivity contribution in [1.29, 1.82) is 0 Å². The minimum atomic E-state index is 1.47. The first kappa shape index (κ1) is 8.88. The zero-order chi connectivity index (χ0) is 4.00. The van der Waals surface area contributed by atoms with Crippen LogP contribution in [0.1, 0.15) is 0 Å². The van der Waals surface area contributed by atoms with Crippen LogP contribution in [-0.4, -0.2) is 6.38 Å². The molecule has 0 unspecified atom stereocenters. The van der Waals surface area contributed by atoms with E-state index in [2.05, 4.69) is 23.3 Å². The van der Waals surface area contributed by atoms with Crippen molar-refractivity contribution >= 4 is 11.6 Å². The first-order valence-electron chi connectivity index (χ1n) is 0.711. The second-order valence-corrected chi connectivity index (χ2v) is 0. The quantitative estimate of drug-likeness (QED) is 0.239. The molecule has 2 nitrogen and oxygen atoms in total. The van der Waals surface area contributed by atoms with Gasteiger partial charge >= 0.3 is 0 Å². The second-order valence-electron chi connectivity index (χ2n) is 0. The molecule has 0 saturated carbocycles. The van der Waals surface area contributed by atoms with Gasteiger partial charge in [0.1, 0.15) is 0 Å². The van der Waals surface area contributed by atoms with Gasteiger partial charge in [-0.25, -0.2) is 0 Å². The highest BCUT2D eigenvalue weighted by molar-refractivity contribution is 6.15. The monoisotopic (exact) mass is 82.0 g/mol. The SMILES string of the molecule is CCl.NN. The lowest BCUT2D eigenvalue weighted by Crippen LogP contribution is -2.02. The van der Waals surface area contributed by atoms with Gasteiger partial charge in [0.2, 0.25) is 0 Å². The Hall–Kier alpha value is 0.210. The molecule has 0 bridgehead atoms. The van der Waals surface area contributed by atoms with Crippen LogP contribution >= 0.6 is 11.6 Å². The zero-order valence-electron chi connectivity index (χ0n) is 2.53. The molecule has 4 heavy (non-hydrogen) atoms. The molecule has 0 fully saturated rings. The molecule has 0 aromatic carbocycles. The van der Waals surface area contributed by atoms with Gasteiger partial charge in [-0.05, 0) is 0 Å². The van der Waals surface area contributed by atoms with Crippen LogP contribution < -0.4 is 11.7 Å². The molecular formula is CH7ClN2. The van der Waals surface area contributed by atoms with Crippen LogP contribution in [0.15, 0.2) is 0 Å². The first-order valence-corrected chi connectivity index (χ1v) is 1.47. The van der Waals surface area contributed by atoms with E-state index in [1.807, 2.05) is 0 Å². The Morgan fingerprint density at radius 2 is 1.25 bits per heavy atom. The number of alkyl halides is 1. The van der Waals surface area contributed by atoms with Gasteiger partial charge in [-0.3, -0.25) is 11.7 Å². The summed E-state index contributed by atoms with van der Waals surface area (Å²) in [5.74, 6) is 8.00. The lowest BCUT2D eigenvalue weighted by molar-refractivity contribution is 1.26. The summed E-state index contributed by atoms with van der Waals surface area (Å²) in [5.41, 5.74) is 0. The third kappa shape index (κ3) is 73.4. The van der Waals surface area contributed by atoms with Gasteiger partial charge in [0.05, 0.1) is 0 Å². The predicted octanol–water partition coefficient (Wildman–Crippen LogP) is -0.326. The fourth-order valence-corrected chi connectivity index (χ4v) is 0. The Labute approximate surface area is 30.7 Å². The highest BCUT2D eigenvalue weighted by atomic mass is 35.5. The van der Waals surface area contributed by atoms with Crippen LogP contribution in [0.25, 0.3) is 0 Å². The third-order valence-electron chi connectivity index (χ3n) is 0. The lowest BCUT2D eigenvalue weighted by atomic mass is 12.0. The van der Waals surface area contributed by atoms with E-state index in [9.17, 15) is 0 Å². The molecule has 0 aliphatic heterocycles. The second kappa shape index (κ2) is 356. The smallest absolute Gasteiger partial charge is 0.0108 e. The molecule has 0 rings (SSSR count). The summed E-state index contributed by atoms with van der Waals surface area (Å²) in [7, 11) is 0. The molecule has 0 aliphatic carbocycles. The maximum atomic E-state index is 4.64. The van der Waals surface area contributed by atoms with Crippen molar-refractivity contribution in [2.24, 2.45) is 11.7 Å². The zero-order valence-corrected chi connectivity index (χ0v) is 3.29. The summed E-state index contributed by atoms with van der Waals surface area (Å²) in [6.07, 6.45) is 1.47. The van der Waals surface area contributed by atoms with Crippen LogP contribution in [0.4, 0.5) is 0 Å². The van der Waals surface area contributed by atoms with Crippen LogP contribution in [0.3, 0.4) is 0 Å². The van der Waals surface area contributed by atoms with Crippen molar-refractivity contribution in [1.82, 2.24) is 0 Å². The van der Waals surface area contributed by atoms with E-state index < -0.39 is 0 Å². The first-order chi connectivity index (χ1) is 2.00. The molecule has 0 radical (unpaired) electrons. The van der Waals surface area contributed by atoms with Gasteiger partial charge in [-0.2, -0.15) is 0 Å². The van der Waals surface area contributed by atoms with E-state index in [0.717, 1.165) is 0 Å². The van der Waals surface area contributed by atoms with Crippen LogP contribution in [0, 0.1) is 0 Å². The molecule has 0 saturated heterocycles. The molecule has 0 atom stereocenters. The standard InChI is InChI=1S/CH3Cl.H4N2/c2*1-2/h1H3;1-2H2. The van der Waals surface area contributed by atoms with E-state index in [1.165, 1.54) is 6.38 Å². The Morgan fingerprint density at radius 3 is 1.25 bits per heavy atom.